The van der Waals surface area contributed by atoms with Crippen molar-refractivity contribution in [3.8, 4) is 0 Å². The van der Waals surface area contributed by atoms with E-state index < -0.39 is 0 Å². The molecule has 0 saturated heterocycles. The Morgan fingerprint density at radius 3 is 1.87 bits per heavy atom. The number of rotatable bonds is 6. The first-order valence-corrected chi connectivity index (χ1v) is 8.16. The van der Waals surface area contributed by atoms with Gasteiger partial charge >= 0.3 is 5.97 Å². The molecule has 3 heteroatoms. The highest BCUT2D eigenvalue weighted by Crippen LogP contribution is 2.34. The van der Waals surface area contributed by atoms with E-state index in [-0.39, 0.29) is 11.9 Å². The number of nitrogens with zero attached hydrogens (tertiary/aromatic N) is 1. The zero-order valence-corrected chi connectivity index (χ0v) is 13.5. The molecular formula is C20H23NO2. The van der Waals surface area contributed by atoms with Crippen molar-refractivity contribution in [2.45, 2.75) is 32.0 Å². The summed E-state index contributed by atoms with van der Waals surface area (Å²) in [6, 6.07) is 21.5. The van der Waals surface area contributed by atoms with Gasteiger partial charge in [-0.1, -0.05) is 60.7 Å². The largest absolute Gasteiger partial charge is 0.469 e. The summed E-state index contributed by atoms with van der Waals surface area (Å²) in [6.07, 6.45) is 1.79. The van der Waals surface area contributed by atoms with Crippen LogP contribution in [0.4, 0.5) is 0 Å². The minimum absolute atomic E-state index is 0.0686. The lowest BCUT2D eigenvalue weighted by Gasteiger charge is -2.41. The Balaban J connectivity index is 1.68. The van der Waals surface area contributed by atoms with Crippen LogP contribution in [0.1, 0.15) is 24.0 Å². The number of benzene rings is 2. The zero-order chi connectivity index (χ0) is 16.1. The summed E-state index contributed by atoms with van der Waals surface area (Å²) in [4.78, 5) is 14.1. The van der Waals surface area contributed by atoms with E-state index in [4.69, 9.17) is 4.74 Å². The van der Waals surface area contributed by atoms with Crippen LogP contribution in [-0.2, 0) is 22.6 Å². The van der Waals surface area contributed by atoms with Crippen molar-refractivity contribution in [2.24, 2.45) is 5.92 Å². The molecule has 0 radical (unpaired) electrons. The topological polar surface area (TPSA) is 29.5 Å². The van der Waals surface area contributed by atoms with E-state index in [0.29, 0.717) is 6.04 Å². The van der Waals surface area contributed by atoms with E-state index in [2.05, 4.69) is 53.4 Å². The van der Waals surface area contributed by atoms with Crippen molar-refractivity contribution in [1.29, 1.82) is 0 Å². The van der Waals surface area contributed by atoms with Crippen LogP contribution in [0.3, 0.4) is 0 Å². The second-order valence-corrected chi connectivity index (χ2v) is 6.22. The van der Waals surface area contributed by atoms with Crippen LogP contribution in [-0.4, -0.2) is 24.0 Å². The lowest BCUT2D eigenvalue weighted by Crippen LogP contribution is -2.46. The number of carbonyl (C=O) groups is 1. The van der Waals surface area contributed by atoms with Crippen molar-refractivity contribution < 1.29 is 9.53 Å². The van der Waals surface area contributed by atoms with Gasteiger partial charge < -0.3 is 4.74 Å². The molecular weight excluding hydrogens is 286 g/mol. The van der Waals surface area contributed by atoms with Gasteiger partial charge in [-0.3, -0.25) is 9.69 Å². The second-order valence-electron chi connectivity index (χ2n) is 6.22. The monoisotopic (exact) mass is 309 g/mol. The minimum atomic E-state index is -0.0689. The van der Waals surface area contributed by atoms with Crippen LogP contribution in [0.5, 0.6) is 0 Å². The Hall–Kier alpha value is -2.13. The van der Waals surface area contributed by atoms with Gasteiger partial charge in [0, 0.05) is 19.1 Å². The lowest BCUT2D eigenvalue weighted by atomic mass is 9.79. The van der Waals surface area contributed by atoms with E-state index in [1.54, 1.807) is 0 Å². The summed E-state index contributed by atoms with van der Waals surface area (Å²) < 4.78 is 4.86. The highest BCUT2D eigenvalue weighted by molar-refractivity contribution is 5.73. The van der Waals surface area contributed by atoms with Gasteiger partial charge in [0.2, 0.25) is 0 Å². The van der Waals surface area contributed by atoms with Crippen molar-refractivity contribution in [3.63, 3.8) is 0 Å². The van der Waals surface area contributed by atoms with Gasteiger partial charge in [0.1, 0.15) is 0 Å². The Kier molecular flexibility index (Phi) is 5.09. The number of carbonyl (C=O) groups excluding carboxylic acids is 1. The molecule has 0 atom stereocenters. The standard InChI is InChI=1S/C20H23NO2/c1-23-20(22)18-12-19(13-18)21(14-16-8-4-2-5-9-16)15-17-10-6-3-7-11-17/h2-11,18-19H,12-15H2,1H3. The van der Waals surface area contributed by atoms with Crippen molar-refractivity contribution >= 4 is 5.97 Å². The average Bonchev–Trinajstić information content (AvgIpc) is 2.55. The maximum atomic E-state index is 11.6. The van der Waals surface area contributed by atoms with Crippen LogP contribution in [0.2, 0.25) is 0 Å². The average molecular weight is 309 g/mol. The second kappa shape index (κ2) is 7.42. The molecule has 120 valence electrons. The maximum absolute atomic E-state index is 11.6. The van der Waals surface area contributed by atoms with Gasteiger partial charge in [-0.15, -0.1) is 0 Å². The van der Waals surface area contributed by atoms with E-state index in [0.717, 1.165) is 25.9 Å². The third-order valence-electron chi connectivity index (χ3n) is 4.62. The van der Waals surface area contributed by atoms with Gasteiger partial charge in [0.15, 0.2) is 0 Å². The molecule has 0 amide bonds. The number of hydrogen-bond donors (Lipinski definition) is 0. The smallest absolute Gasteiger partial charge is 0.308 e. The molecule has 23 heavy (non-hydrogen) atoms. The summed E-state index contributed by atoms with van der Waals surface area (Å²) in [6.45, 7) is 1.82. The molecule has 0 aromatic heterocycles. The van der Waals surface area contributed by atoms with E-state index in [1.807, 2.05) is 12.1 Å². The fourth-order valence-corrected chi connectivity index (χ4v) is 3.20. The Morgan fingerprint density at radius 1 is 0.957 bits per heavy atom. The number of methoxy groups -OCH3 is 1. The maximum Gasteiger partial charge on any atom is 0.308 e. The first-order valence-electron chi connectivity index (χ1n) is 8.16. The summed E-state index contributed by atoms with van der Waals surface area (Å²) in [5.41, 5.74) is 2.62. The van der Waals surface area contributed by atoms with Crippen molar-refractivity contribution in [1.82, 2.24) is 4.90 Å². The first kappa shape index (κ1) is 15.8. The van der Waals surface area contributed by atoms with E-state index >= 15 is 0 Å². The van der Waals surface area contributed by atoms with Gasteiger partial charge in [-0.25, -0.2) is 0 Å². The quantitative estimate of drug-likeness (QED) is 0.763. The van der Waals surface area contributed by atoms with Gasteiger partial charge in [0.25, 0.3) is 0 Å². The molecule has 0 aliphatic heterocycles. The number of hydrogen-bond acceptors (Lipinski definition) is 3. The Morgan fingerprint density at radius 2 is 1.43 bits per heavy atom. The third-order valence-corrected chi connectivity index (χ3v) is 4.62. The summed E-state index contributed by atoms with van der Waals surface area (Å²) in [5.74, 6) is -0.000307. The molecule has 0 heterocycles. The molecule has 1 fully saturated rings. The molecule has 0 bridgehead atoms. The van der Waals surface area contributed by atoms with Crippen molar-refractivity contribution in [3.05, 3.63) is 71.8 Å². The van der Waals surface area contributed by atoms with Gasteiger partial charge in [-0.05, 0) is 24.0 Å². The summed E-state index contributed by atoms with van der Waals surface area (Å²) >= 11 is 0. The molecule has 1 aliphatic carbocycles. The third kappa shape index (κ3) is 3.99. The fourth-order valence-electron chi connectivity index (χ4n) is 3.20. The summed E-state index contributed by atoms with van der Waals surface area (Å²) in [5, 5.41) is 0. The molecule has 0 spiro atoms. The van der Waals surface area contributed by atoms with Gasteiger partial charge in [0.05, 0.1) is 13.0 Å². The number of ether oxygens (including phenoxy) is 1. The van der Waals surface area contributed by atoms with Crippen molar-refractivity contribution in [2.75, 3.05) is 7.11 Å². The lowest BCUT2D eigenvalue weighted by molar-refractivity contribution is -0.151. The van der Waals surface area contributed by atoms with Crippen LogP contribution in [0.25, 0.3) is 0 Å². The molecule has 0 unspecified atom stereocenters. The molecule has 1 saturated carbocycles. The Labute approximate surface area is 137 Å². The summed E-state index contributed by atoms with van der Waals surface area (Å²) in [7, 11) is 1.47. The molecule has 3 nitrogen and oxygen atoms in total. The molecule has 2 aromatic carbocycles. The normalized spacial score (nSPS) is 20.1. The minimum Gasteiger partial charge on any atom is -0.469 e. The highest BCUT2D eigenvalue weighted by Gasteiger charge is 2.38. The highest BCUT2D eigenvalue weighted by atomic mass is 16.5. The Bertz CT molecular complexity index is 579. The first-order chi connectivity index (χ1) is 11.3. The van der Waals surface area contributed by atoms with Crippen LogP contribution in [0.15, 0.2) is 60.7 Å². The van der Waals surface area contributed by atoms with Crippen LogP contribution in [0, 0.1) is 5.92 Å². The zero-order valence-electron chi connectivity index (χ0n) is 13.5. The van der Waals surface area contributed by atoms with E-state index in [1.165, 1.54) is 18.2 Å². The van der Waals surface area contributed by atoms with Crippen LogP contribution < -0.4 is 0 Å². The molecule has 3 rings (SSSR count). The molecule has 1 aliphatic rings. The van der Waals surface area contributed by atoms with Crippen LogP contribution >= 0.6 is 0 Å². The SMILES string of the molecule is COC(=O)C1CC(N(Cc2ccccc2)Cc2ccccc2)C1. The predicted molar refractivity (Wildman–Crippen MR) is 90.7 cm³/mol. The van der Waals surface area contributed by atoms with E-state index in [9.17, 15) is 4.79 Å². The van der Waals surface area contributed by atoms with Gasteiger partial charge in [-0.2, -0.15) is 0 Å². The molecule has 2 aromatic rings. The molecule has 0 N–H and O–H groups in total. The predicted octanol–water partition coefficient (Wildman–Crippen LogP) is 3.64. The fraction of sp³-hybridized carbons (Fsp3) is 0.350. The number of esters is 1.